The Morgan fingerprint density at radius 2 is 0.320 bits per heavy atom. The molecule has 8 rings (SSSR count). The van der Waals surface area contributed by atoms with E-state index in [1.165, 1.54) is 0 Å². The summed E-state index contributed by atoms with van der Waals surface area (Å²) < 4.78 is 0. The molecule has 868 valence electrons. The number of unbranched alkanes of at least 4 members (excludes halogenated alkanes) is 15. The minimum absolute atomic E-state index is 0.0340. The molecule has 0 radical (unpaired) electrons. The number of anilines is 9. The van der Waals surface area contributed by atoms with E-state index in [1.807, 2.05) is 0 Å². The summed E-state index contributed by atoms with van der Waals surface area (Å²) >= 11 is 0. The summed E-state index contributed by atoms with van der Waals surface area (Å²) in [6, 6.07) is -0.130. The molecule has 150 heavy (non-hydrogen) atoms. The van der Waals surface area contributed by atoms with Crippen LogP contribution in [0.1, 0.15) is 467 Å². The second-order valence-electron chi connectivity index (χ2n) is 52.3. The predicted octanol–water partition coefficient (Wildman–Crippen LogP) is 21.9. The summed E-state index contributed by atoms with van der Waals surface area (Å²) in [7, 11) is 0. The number of aromatic nitrogens is 9. The molecule has 3 aromatic rings. The molecule has 5 aliphatic rings. The third-order valence-corrected chi connectivity index (χ3v) is 31.6. The Labute approximate surface area is 913 Å². The first-order chi connectivity index (χ1) is 70.5. The van der Waals surface area contributed by atoms with Crippen LogP contribution < -0.4 is 44.1 Å². The van der Waals surface area contributed by atoms with Gasteiger partial charge in [0.25, 0.3) is 0 Å². The second-order valence-corrected chi connectivity index (χ2v) is 52.3. The van der Waals surface area contributed by atoms with Gasteiger partial charge in [-0.2, -0.15) is 70.2 Å². The standard InChI is InChI=1S/C117H225N23O10/c1-35-44-61-127(62-45-36-2)99-118-100(128(63-46-37-3)64-47-38-4)121-103(120-99)132(95-76-110(19,20)137(111(21,22)77-95)147-85-90(11)142)70-57-53-55-59-72-134(97-80-114(27,28)139(115(29,30)81-97)149-87-92(13)144)106-124-105(131(69-52-43-9)94-74-108(15,16)136(109(17,18)75-94)146-84-89(10)141)125-107(126-106)135(98-82-116(31,32)140(117(33,34)83-98)150-88-93(14)145)73-60-56-54-58-71-133(96-78-112(23,24)138(113(25,26)79-96)148-86-91(12)143)104-122-101(129(65-48-39-5)66-49-40-6)119-102(123-104)130(67-50-41-7)68-51-42-8/h89-98,141-145H,35-88H2,1-34H3. The minimum atomic E-state index is -0.667. The molecule has 0 amide bonds. The van der Waals surface area contributed by atoms with Crippen molar-refractivity contribution in [1.82, 2.24) is 70.2 Å². The van der Waals surface area contributed by atoms with Crippen molar-refractivity contribution in [3.05, 3.63) is 0 Å². The van der Waals surface area contributed by atoms with Gasteiger partial charge in [0.15, 0.2) is 0 Å². The van der Waals surface area contributed by atoms with Gasteiger partial charge in [-0.15, -0.1) is 0 Å². The van der Waals surface area contributed by atoms with Crippen LogP contribution in [-0.4, -0.2) is 330 Å². The molecule has 0 saturated carbocycles. The number of piperidine rings is 5. The van der Waals surface area contributed by atoms with E-state index in [1.54, 1.807) is 34.6 Å². The Bertz CT molecular complexity index is 3880. The lowest BCUT2D eigenvalue weighted by Crippen LogP contribution is -2.65. The largest absolute Gasteiger partial charge is 0.391 e. The van der Waals surface area contributed by atoms with Crippen LogP contribution in [0.4, 0.5) is 53.5 Å². The zero-order valence-corrected chi connectivity index (χ0v) is 102. The Kier molecular flexibility index (Phi) is 51.5. The van der Waals surface area contributed by atoms with E-state index in [0.717, 1.165) is 307 Å². The molecular formula is C117H225N23O10. The summed E-state index contributed by atoms with van der Waals surface area (Å²) in [6.45, 7) is 86.8. The van der Waals surface area contributed by atoms with E-state index in [2.05, 4.69) is 270 Å². The maximum absolute atomic E-state index is 11.0. The smallest absolute Gasteiger partial charge is 0.232 e. The minimum Gasteiger partial charge on any atom is -0.391 e. The number of hydrogen-bond donors (Lipinski definition) is 5. The molecule has 0 spiro atoms. The first-order valence-electron chi connectivity index (χ1n) is 60.2. The topological polar surface area (TPSA) is 309 Å². The van der Waals surface area contributed by atoms with Crippen molar-refractivity contribution in [2.75, 3.05) is 162 Å². The van der Waals surface area contributed by atoms with Gasteiger partial charge < -0.3 is 69.6 Å². The molecule has 5 N–H and O–H groups in total. The molecule has 3 aromatic heterocycles. The van der Waals surface area contributed by atoms with E-state index < -0.39 is 85.9 Å². The summed E-state index contributed by atoms with van der Waals surface area (Å²) in [6.07, 6.45) is 30.1. The SMILES string of the molecule is CCCCN(CCCC)c1nc(N(CCCC)CCCC)nc(N(CCCCCCN(c2nc(N(CCCC)C3CC(C)(C)N(OCC(C)O)C(C)(C)C3)nc(N(CCCCCCN(c3nc(N(CCCC)CCCC)nc(N(CCCC)CCCC)n3)C3CC(C)(C)N(OCC(C)O)C(C)(C)C3)C3CC(C)(C)N(OCC(C)O)C(C)(C)C3)n2)C2CC(C)(C)N(OCC(C)O)C(C)(C)C2)C2CC(C)(C)N(OCC(C)O)C(C)(C)C2)n1. The predicted molar refractivity (Wildman–Crippen MR) is 619 cm³/mol. The molecule has 33 nitrogen and oxygen atoms in total. The number of nitrogens with zero attached hydrogens (tertiary/aromatic N) is 23. The van der Waals surface area contributed by atoms with Crippen molar-refractivity contribution in [1.29, 1.82) is 0 Å². The monoisotopic (exact) mass is 2110 g/mol. The fourth-order valence-electron chi connectivity index (χ4n) is 25.5. The molecule has 5 atom stereocenters. The van der Waals surface area contributed by atoms with Crippen molar-refractivity contribution >= 4 is 53.5 Å². The first kappa shape index (κ1) is 130. The highest BCUT2D eigenvalue weighted by atomic mass is 16.7. The van der Waals surface area contributed by atoms with Gasteiger partial charge in [0.1, 0.15) is 0 Å². The van der Waals surface area contributed by atoms with Gasteiger partial charge in [-0.05, 0) is 321 Å². The van der Waals surface area contributed by atoms with Crippen molar-refractivity contribution in [3.8, 4) is 0 Å². The Balaban J connectivity index is 1.33. The highest BCUT2D eigenvalue weighted by Crippen LogP contribution is 2.50. The van der Waals surface area contributed by atoms with Crippen molar-refractivity contribution in [2.24, 2.45) is 0 Å². The van der Waals surface area contributed by atoms with Crippen LogP contribution in [0.25, 0.3) is 0 Å². The zero-order valence-electron chi connectivity index (χ0n) is 102. The molecular weight excluding hydrogens is 1890 g/mol. The second kappa shape index (κ2) is 59.5. The molecule has 5 saturated heterocycles. The Morgan fingerprint density at radius 3 is 0.453 bits per heavy atom. The fourth-order valence-corrected chi connectivity index (χ4v) is 25.5. The lowest BCUT2D eigenvalue weighted by Gasteiger charge is -2.56. The van der Waals surface area contributed by atoms with E-state index in [-0.39, 0.29) is 63.2 Å². The quantitative estimate of drug-likeness (QED) is 0.0328. The number of rotatable bonds is 70. The lowest BCUT2D eigenvalue weighted by atomic mass is 9.78. The maximum Gasteiger partial charge on any atom is 0.232 e. The van der Waals surface area contributed by atoms with Gasteiger partial charge in [0.05, 0.1) is 63.6 Å². The van der Waals surface area contributed by atoms with Gasteiger partial charge in [0.2, 0.25) is 53.5 Å². The fraction of sp³-hybridized carbons (Fsp3) is 0.923. The molecule has 5 fully saturated rings. The van der Waals surface area contributed by atoms with Gasteiger partial charge in [0, 0.05) is 171 Å². The van der Waals surface area contributed by atoms with Crippen LogP contribution in [0.3, 0.4) is 0 Å². The Morgan fingerprint density at radius 1 is 0.200 bits per heavy atom. The number of hydroxylamine groups is 10. The van der Waals surface area contributed by atoms with Crippen LogP contribution in [0.2, 0.25) is 0 Å². The van der Waals surface area contributed by atoms with Crippen molar-refractivity contribution < 1.29 is 49.7 Å². The normalized spacial score (nSPS) is 20.7. The highest BCUT2D eigenvalue weighted by Gasteiger charge is 2.56. The summed E-state index contributed by atoms with van der Waals surface area (Å²) in [4.78, 5) is 109. The zero-order chi connectivity index (χ0) is 111. The van der Waals surface area contributed by atoms with Gasteiger partial charge >= 0.3 is 0 Å². The molecule has 0 aromatic carbocycles. The lowest BCUT2D eigenvalue weighted by molar-refractivity contribution is -0.290. The van der Waals surface area contributed by atoms with E-state index >= 15 is 0 Å². The first-order valence-corrected chi connectivity index (χ1v) is 60.2. The van der Waals surface area contributed by atoms with Crippen molar-refractivity contribution in [2.45, 2.75) is 583 Å². The van der Waals surface area contributed by atoms with Crippen LogP contribution >= 0.6 is 0 Å². The number of aliphatic hydroxyl groups is 5. The van der Waals surface area contributed by atoms with Crippen LogP contribution in [0, 0.1) is 0 Å². The van der Waals surface area contributed by atoms with Crippen LogP contribution in [-0.2, 0) is 24.2 Å². The average Bonchev–Trinajstić information content (AvgIpc) is 0.758. The van der Waals surface area contributed by atoms with Gasteiger partial charge in [-0.1, -0.05) is 146 Å². The van der Waals surface area contributed by atoms with Crippen LogP contribution in [0.15, 0.2) is 0 Å². The van der Waals surface area contributed by atoms with Crippen molar-refractivity contribution in [3.63, 3.8) is 0 Å². The third kappa shape index (κ3) is 37.7. The molecule has 5 aliphatic heterocycles. The molecule has 0 bridgehead atoms. The maximum atomic E-state index is 11.0. The van der Waals surface area contributed by atoms with Gasteiger partial charge in [-0.25, -0.2) is 0 Å². The van der Waals surface area contributed by atoms with Crippen LogP contribution in [0.5, 0.6) is 0 Å². The summed E-state index contributed by atoms with van der Waals surface area (Å²) in [5, 5.41) is 65.1. The average molecular weight is 2110 g/mol. The molecule has 5 unspecified atom stereocenters. The molecule has 8 heterocycles. The Hall–Kier alpha value is -5.37. The highest BCUT2D eigenvalue weighted by molar-refractivity contribution is 5.52. The molecule has 33 heteroatoms. The van der Waals surface area contributed by atoms with E-state index in [4.69, 9.17) is 69.0 Å². The number of hydrogen-bond acceptors (Lipinski definition) is 33. The van der Waals surface area contributed by atoms with E-state index in [9.17, 15) is 25.5 Å². The summed E-state index contributed by atoms with van der Waals surface area (Å²) in [5.41, 5.74) is -4.75. The number of aliphatic hydroxyl groups excluding tert-OH is 5. The summed E-state index contributed by atoms with van der Waals surface area (Å²) in [5.74, 6) is 6.56. The molecule has 0 aliphatic carbocycles. The third-order valence-electron chi connectivity index (χ3n) is 31.6. The van der Waals surface area contributed by atoms with E-state index in [0.29, 0.717) is 63.2 Å². The van der Waals surface area contributed by atoms with Gasteiger partial charge in [-0.3, -0.25) is 24.2 Å².